The zero-order valence-corrected chi connectivity index (χ0v) is 8.79. The first-order valence-electron chi connectivity index (χ1n) is 5.30. The lowest BCUT2D eigenvalue weighted by Crippen LogP contribution is -2.24. The van der Waals surface area contributed by atoms with Crippen LogP contribution < -0.4 is 5.73 Å². The van der Waals surface area contributed by atoms with Crippen LogP contribution in [0.2, 0.25) is 0 Å². The summed E-state index contributed by atoms with van der Waals surface area (Å²) in [4.78, 5) is 0. The third-order valence-electron chi connectivity index (χ3n) is 3.16. The Bertz CT molecular complexity index is 511. The standard InChI is InChI=1S/C12H14N2O/c1-8-10-6-9(7-12(13)4-5-12)2-3-11(10)15-14-8/h2-3,6H,4-5,7,13H2,1H3. The van der Waals surface area contributed by atoms with Crippen LogP contribution in [0.1, 0.15) is 24.1 Å². The SMILES string of the molecule is Cc1noc2ccc(CC3(N)CC3)cc12. The molecule has 0 saturated heterocycles. The number of fused-ring (bicyclic) bond motifs is 1. The maximum absolute atomic E-state index is 6.10. The van der Waals surface area contributed by atoms with E-state index in [0.717, 1.165) is 35.9 Å². The molecule has 15 heavy (non-hydrogen) atoms. The van der Waals surface area contributed by atoms with Crippen molar-refractivity contribution < 1.29 is 4.52 Å². The number of hydrogen-bond donors (Lipinski definition) is 1. The molecule has 1 heterocycles. The maximum atomic E-state index is 6.10. The van der Waals surface area contributed by atoms with Gasteiger partial charge in [0.25, 0.3) is 0 Å². The topological polar surface area (TPSA) is 52.0 Å². The first-order chi connectivity index (χ1) is 7.16. The minimum absolute atomic E-state index is 0.0682. The summed E-state index contributed by atoms with van der Waals surface area (Å²) in [5.41, 5.74) is 9.26. The number of rotatable bonds is 2. The highest BCUT2D eigenvalue weighted by Gasteiger charge is 2.37. The molecule has 78 valence electrons. The van der Waals surface area contributed by atoms with Crippen LogP contribution in [0.5, 0.6) is 0 Å². The van der Waals surface area contributed by atoms with Crippen LogP contribution in [0.3, 0.4) is 0 Å². The Morgan fingerprint density at radius 1 is 1.47 bits per heavy atom. The van der Waals surface area contributed by atoms with Crippen molar-refractivity contribution in [2.45, 2.75) is 31.7 Å². The highest BCUT2D eigenvalue weighted by Crippen LogP contribution is 2.36. The number of nitrogens with two attached hydrogens (primary N) is 1. The monoisotopic (exact) mass is 202 g/mol. The molecule has 1 aromatic heterocycles. The highest BCUT2D eigenvalue weighted by molar-refractivity contribution is 5.79. The van der Waals surface area contributed by atoms with Gasteiger partial charge >= 0.3 is 0 Å². The van der Waals surface area contributed by atoms with E-state index in [1.807, 2.05) is 13.0 Å². The van der Waals surface area contributed by atoms with Gasteiger partial charge in [-0.2, -0.15) is 0 Å². The fraction of sp³-hybridized carbons (Fsp3) is 0.417. The zero-order chi connectivity index (χ0) is 10.5. The van der Waals surface area contributed by atoms with Crippen molar-refractivity contribution in [1.82, 2.24) is 5.16 Å². The third-order valence-corrected chi connectivity index (χ3v) is 3.16. The van der Waals surface area contributed by atoms with Crippen molar-refractivity contribution in [2.24, 2.45) is 5.73 Å². The molecule has 0 spiro atoms. The van der Waals surface area contributed by atoms with E-state index in [2.05, 4.69) is 17.3 Å². The minimum atomic E-state index is 0.0682. The van der Waals surface area contributed by atoms with Crippen LogP contribution in [0.25, 0.3) is 11.0 Å². The normalized spacial score (nSPS) is 18.3. The molecule has 0 amide bonds. The van der Waals surface area contributed by atoms with E-state index in [0.29, 0.717) is 0 Å². The average molecular weight is 202 g/mol. The van der Waals surface area contributed by atoms with Crippen molar-refractivity contribution in [3.63, 3.8) is 0 Å². The smallest absolute Gasteiger partial charge is 0.167 e. The first-order valence-corrected chi connectivity index (χ1v) is 5.30. The molecule has 2 N–H and O–H groups in total. The minimum Gasteiger partial charge on any atom is -0.356 e. The van der Waals surface area contributed by atoms with Gasteiger partial charge in [-0.3, -0.25) is 0 Å². The first kappa shape index (κ1) is 8.92. The summed E-state index contributed by atoms with van der Waals surface area (Å²) in [5, 5.41) is 5.05. The molecule has 3 heteroatoms. The van der Waals surface area contributed by atoms with Gasteiger partial charge < -0.3 is 10.3 Å². The van der Waals surface area contributed by atoms with Gasteiger partial charge in [0.2, 0.25) is 0 Å². The van der Waals surface area contributed by atoms with Gasteiger partial charge in [0.1, 0.15) is 0 Å². The Hall–Kier alpha value is -1.35. The Morgan fingerprint density at radius 3 is 3.00 bits per heavy atom. The fourth-order valence-corrected chi connectivity index (χ4v) is 1.96. The molecular weight excluding hydrogens is 188 g/mol. The summed E-state index contributed by atoms with van der Waals surface area (Å²) in [7, 11) is 0. The molecule has 1 aromatic carbocycles. The van der Waals surface area contributed by atoms with Gasteiger partial charge in [-0.1, -0.05) is 11.2 Å². The van der Waals surface area contributed by atoms with Crippen LogP contribution in [0.15, 0.2) is 22.7 Å². The van der Waals surface area contributed by atoms with Gasteiger partial charge in [0, 0.05) is 10.9 Å². The Morgan fingerprint density at radius 2 is 2.27 bits per heavy atom. The second kappa shape index (κ2) is 2.83. The number of benzene rings is 1. The van der Waals surface area contributed by atoms with Crippen molar-refractivity contribution in [3.8, 4) is 0 Å². The molecule has 1 fully saturated rings. The lowest BCUT2D eigenvalue weighted by atomic mass is 10.0. The summed E-state index contributed by atoms with van der Waals surface area (Å²) in [5.74, 6) is 0. The maximum Gasteiger partial charge on any atom is 0.167 e. The quantitative estimate of drug-likeness (QED) is 0.812. The molecule has 1 aliphatic carbocycles. The van der Waals surface area contributed by atoms with Crippen LogP contribution >= 0.6 is 0 Å². The summed E-state index contributed by atoms with van der Waals surface area (Å²) < 4.78 is 5.17. The summed E-state index contributed by atoms with van der Waals surface area (Å²) >= 11 is 0. The van der Waals surface area contributed by atoms with E-state index in [1.165, 1.54) is 5.56 Å². The lowest BCUT2D eigenvalue weighted by Gasteiger charge is -2.07. The third kappa shape index (κ3) is 1.53. The molecule has 0 atom stereocenters. The number of aromatic nitrogens is 1. The zero-order valence-electron chi connectivity index (χ0n) is 8.79. The molecule has 0 radical (unpaired) electrons. The van der Waals surface area contributed by atoms with Crippen LogP contribution in [0.4, 0.5) is 0 Å². The second-order valence-corrected chi connectivity index (χ2v) is 4.64. The van der Waals surface area contributed by atoms with E-state index in [-0.39, 0.29) is 5.54 Å². The number of nitrogens with zero attached hydrogens (tertiary/aromatic N) is 1. The van der Waals surface area contributed by atoms with Gasteiger partial charge in [-0.05, 0) is 43.9 Å². The predicted octanol–water partition coefficient (Wildman–Crippen LogP) is 2.17. The molecule has 1 aliphatic rings. The molecular formula is C12H14N2O. The van der Waals surface area contributed by atoms with Crippen LogP contribution in [0, 0.1) is 6.92 Å². The molecule has 2 aromatic rings. The Kier molecular flexibility index (Phi) is 1.68. The summed E-state index contributed by atoms with van der Waals surface area (Å²) in [6, 6.07) is 6.21. The van der Waals surface area contributed by atoms with Gasteiger partial charge in [-0.25, -0.2) is 0 Å². The molecule has 3 rings (SSSR count). The fourth-order valence-electron chi connectivity index (χ4n) is 1.96. The highest BCUT2D eigenvalue weighted by atomic mass is 16.5. The van der Waals surface area contributed by atoms with E-state index < -0.39 is 0 Å². The number of hydrogen-bond acceptors (Lipinski definition) is 3. The second-order valence-electron chi connectivity index (χ2n) is 4.64. The largest absolute Gasteiger partial charge is 0.356 e. The molecule has 0 bridgehead atoms. The molecule has 0 aliphatic heterocycles. The summed E-state index contributed by atoms with van der Waals surface area (Å²) in [6.45, 7) is 1.96. The number of aryl methyl sites for hydroxylation is 1. The van der Waals surface area contributed by atoms with Crippen molar-refractivity contribution in [3.05, 3.63) is 29.5 Å². The van der Waals surface area contributed by atoms with E-state index in [1.54, 1.807) is 0 Å². The van der Waals surface area contributed by atoms with Crippen LogP contribution in [-0.2, 0) is 6.42 Å². The predicted molar refractivity (Wildman–Crippen MR) is 58.6 cm³/mol. The van der Waals surface area contributed by atoms with Gasteiger partial charge in [0.15, 0.2) is 5.58 Å². The molecule has 3 nitrogen and oxygen atoms in total. The van der Waals surface area contributed by atoms with Crippen LogP contribution in [-0.4, -0.2) is 10.7 Å². The lowest BCUT2D eigenvalue weighted by molar-refractivity contribution is 0.450. The van der Waals surface area contributed by atoms with E-state index >= 15 is 0 Å². The average Bonchev–Trinajstić information content (AvgIpc) is 2.82. The molecule has 1 saturated carbocycles. The summed E-state index contributed by atoms with van der Waals surface area (Å²) in [6.07, 6.45) is 3.26. The van der Waals surface area contributed by atoms with Crippen molar-refractivity contribution >= 4 is 11.0 Å². The molecule has 0 unspecified atom stereocenters. The van der Waals surface area contributed by atoms with Crippen molar-refractivity contribution in [1.29, 1.82) is 0 Å². The van der Waals surface area contributed by atoms with E-state index in [9.17, 15) is 0 Å². The van der Waals surface area contributed by atoms with Gasteiger partial charge in [0.05, 0.1) is 5.69 Å². The van der Waals surface area contributed by atoms with E-state index in [4.69, 9.17) is 10.3 Å². The Balaban J connectivity index is 2.01. The van der Waals surface area contributed by atoms with Gasteiger partial charge in [-0.15, -0.1) is 0 Å². The Labute approximate surface area is 88.2 Å². The van der Waals surface area contributed by atoms with Crippen molar-refractivity contribution in [2.75, 3.05) is 0 Å².